The largest absolute Gasteiger partial charge is 0.507 e. The van der Waals surface area contributed by atoms with E-state index in [4.69, 9.17) is 51.3 Å². The number of hydrogen-bond donors (Lipinski definition) is 8. The average Bonchev–Trinajstić information content (AvgIpc) is 3.72. The average molecular weight is 858 g/mol. The Morgan fingerprint density at radius 2 is 1.84 bits per heavy atom. The summed E-state index contributed by atoms with van der Waals surface area (Å²) in [4.78, 5) is 57.1. The van der Waals surface area contributed by atoms with Crippen LogP contribution >= 0.6 is 31.0 Å². The number of methoxy groups -OCH3 is 1. The van der Waals surface area contributed by atoms with Crippen LogP contribution in [0.25, 0.3) is 10.8 Å². The van der Waals surface area contributed by atoms with Crippen LogP contribution < -0.4 is 21.3 Å². The number of H-pyrrole nitrogens is 1. The number of aromatic nitrogens is 2. The molecule has 23 heteroatoms. The lowest BCUT2D eigenvalue weighted by atomic mass is 10.0. The number of phosphoric acid groups is 1. The fourth-order valence-electron chi connectivity index (χ4n) is 6.03. The summed E-state index contributed by atoms with van der Waals surface area (Å²) in [5.74, 6) is -2.59. The van der Waals surface area contributed by atoms with Gasteiger partial charge in [-0.15, -0.1) is 0 Å². The van der Waals surface area contributed by atoms with E-state index in [1.165, 1.54) is 31.4 Å². The molecule has 1 aromatic heterocycles. The quantitative estimate of drug-likeness (QED) is 0.0514. The Morgan fingerprint density at radius 1 is 1.09 bits per heavy atom. The molecule has 3 heterocycles. The second-order valence-corrected chi connectivity index (χ2v) is 15.0. The number of ether oxygens (including phenoxy) is 3. The highest BCUT2D eigenvalue weighted by atomic mass is 35.5. The molecule has 2 fully saturated rings. The van der Waals surface area contributed by atoms with Crippen LogP contribution in [0.1, 0.15) is 40.6 Å². The SMILES string of the molecule is COc1cc(Cl)c(/C=N/OC2C[C@H](n3cc(CNC(=O)c4cc5c(O)cccc5cc4O)c(=O)[nH]c3=O)O[C@@H]2COP(=O)(O)OCC2C[C@H](O)O[C@@H]2O)c(Cl)c1O. The summed E-state index contributed by atoms with van der Waals surface area (Å²) in [7, 11) is -3.54. The lowest BCUT2D eigenvalue weighted by Gasteiger charge is -2.20. The summed E-state index contributed by atoms with van der Waals surface area (Å²) >= 11 is 12.5. The number of phenols is 3. The first kappa shape index (κ1) is 41.9. The second kappa shape index (κ2) is 17.4. The van der Waals surface area contributed by atoms with E-state index in [2.05, 4.69) is 15.5 Å². The zero-order valence-corrected chi connectivity index (χ0v) is 31.9. The third-order valence-corrected chi connectivity index (χ3v) is 10.7. The highest BCUT2D eigenvalue weighted by Gasteiger charge is 2.41. The van der Waals surface area contributed by atoms with Crippen molar-refractivity contribution in [3.63, 3.8) is 0 Å². The molecule has 2 aliphatic heterocycles. The van der Waals surface area contributed by atoms with Crippen LogP contribution in [0.15, 0.2) is 57.3 Å². The number of aliphatic hydroxyl groups excluding tert-OH is 2. The number of hydrogen-bond acceptors (Lipinski definition) is 16. The van der Waals surface area contributed by atoms with E-state index in [-0.39, 0.29) is 56.8 Å². The number of nitrogens with zero attached hydrogens (tertiary/aromatic N) is 2. The van der Waals surface area contributed by atoms with Crippen molar-refractivity contribution < 1.29 is 67.9 Å². The predicted molar refractivity (Wildman–Crippen MR) is 198 cm³/mol. The maximum Gasteiger partial charge on any atom is 0.472 e. The van der Waals surface area contributed by atoms with Crippen LogP contribution in [0.3, 0.4) is 0 Å². The minimum Gasteiger partial charge on any atom is -0.507 e. The van der Waals surface area contributed by atoms with Gasteiger partial charge in [0.1, 0.15) is 23.8 Å². The van der Waals surface area contributed by atoms with Crippen molar-refractivity contribution in [1.82, 2.24) is 14.9 Å². The van der Waals surface area contributed by atoms with Gasteiger partial charge in [0.2, 0.25) is 0 Å². The van der Waals surface area contributed by atoms with Gasteiger partial charge in [-0.05, 0) is 23.6 Å². The molecule has 2 saturated heterocycles. The fourth-order valence-corrected chi connectivity index (χ4v) is 7.36. The summed E-state index contributed by atoms with van der Waals surface area (Å²) in [5, 5.41) is 57.4. The van der Waals surface area contributed by atoms with Gasteiger partial charge in [0.05, 0.1) is 54.3 Å². The third kappa shape index (κ3) is 9.53. The molecule has 2 aliphatic rings. The molecule has 3 aromatic carbocycles. The highest BCUT2D eigenvalue weighted by Crippen LogP contribution is 2.46. The molecule has 57 heavy (non-hydrogen) atoms. The van der Waals surface area contributed by atoms with Gasteiger partial charge < -0.3 is 54.8 Å². The van der Waals surface area contributed by atoms with Crippen LogP contribution in [-0.4, -0.2) is 97.2 Å². The monoisotopic (exact) mass is 856 g/mol. The molecule has 6 rings (SSSR count). The van der Waals surface area contributed by atoms with E-state index < -0.39 is 87.4 Å². The summed E-state index contributed by atoms with van der Waals surface area (Å²) in [6.45, 7) is -1.64. The zero-order valence-electron chi connectivity index (χ0n) is 29.5. The zero-order chi connectivity index (χ0) is 41.2. The van der Waals surface area contributed by atoms with Gasteiger partial charge in [-0.3, -0.25) is 28.2 Å². The molecule has 1 amide bonds. The smallest absolute Gasteiger partial charge is 0.472 e. The molecule has 0 aliphatic carbocycles. The van der Waals surface area contributed by atoms with Gasteiger partial charge in [0.25, 0.3) is 11.5 Å². The van der Waals surface area contributed by atoms with Gasteiger partial charge >= 0.3 is 13.5 Å². The summed E-state index contributed by atoms with van der Waals surface area (Å²) in [6.07, 6.45) is -4.42. The van der Waals surface area contributed by atoms with Crippen molar-refractivity contribution in [3.8, 4) is 23.0 Å². The number of amides is 1. The molecule has 7 atom stereocenters. The Bertz CT molecular complexity index is 2360. The molecule has 3 unspecified atom stereocenters. The summed E-state index contributed by atoms with van der Waals surface area (Å²) in [5.41, 5.74) is -2.07. The number of phenolic OH excluding ortho intramolecular Hbond substituents is 3. The van der Waals surface area contributed by atoms with Crippen molar-refractivity contribution in [2.45, 2.75) is 50.4 Å². The predicted octanol–water partition coefficient (Wildman–Crippen LogP) is 2.57. The van der Waals surface area contributed by atoms with Gasteiger partial charge in [0.15, 0.2) is 30.2 Å². The number of fused-ring (bicyclic) bond motifs is 1. The molecule has 0 bridgehead atoms. The fraction of sp³-hybridized carbons (Fsp3) is 0.353. The van der Waals surface area contributed by atoms with Gasteiger partial charge in [-0.1, -0.05) is 40.5 Å². The van der Waals surface area contributed by atoms with Gasteiger partial charge in [-0.2, -0.15) is 0 Å². The number of oxime groups is 1. The molecule has 8 N–H and O–H groups in total. The summed E-state index contributed by atoms with van der Waals surface area (Å²) in [6, 6.07) is 8.46. The van der Waals surface area contributed by atoms with Gasteiger partial charge in [-0.25, -0.2) is 9.36 Å². The first-order chi connectivity index (χ1) is 27.0. The first-order valence-corrected chi connectivity index (χ1v) is 19.1. The Balaban J connectivity index is 1.20. The first-order valence-electron chi connectivity index (χ1n) is 16.9. The Morgan fingerprint density at radius 3 is 2.56 bits per heavy atom. The number of aliphatic hydroxyl groups is 2. The highest BCUT2D eigenvalue weighted by molar-refractivity contribution is 7.47. The maximum atomic E-state index is 13.1. The molecular formula is C34H35Cl2N4O16P. The Kier molecular flexibility index (Phi) is 12.8. The van der Waals surface area contributed by atoms with Crippen LogP contribution in [-0.2, 0) is 34.5 Å². The van der Waals surface area contributed by atoms with E-state index in [1.54, 1.807) is 12.1 Å². The number of aromatic hydroxyl groups is 3. The number of carbonyl (C=O) groups is 1. The van der Waals surface area contributed by atoms with E-state index in [0.717, 1.165) is 17.0 Å². The standard InChI is InChI=1S/C34H35Cl2N4O16P/c1-51-25-8-21(35)20(29(36)30(25)44)11-38-56-24-9-27(54-26(24)14-53-57(49,50)52-13-16-6-28(43)55-33(16)47)40-12-17(31(45)39-34(40)48)10-37-32(46)19-7-18-15(5-23(19)42)3-2-4-22(18)41/h2-5,7-8,11-12,16,24,26-28,33,41-44,47H,6,9-10,13-14H2,1H3,(H,37,46)(H,49,50)(H,39,45,48)/b38-11+/t16?,24?,26-,27-,28-,33+/m1/s1. The maximum absolute atomic E-state index is 13.1. The van der Waals surface area contributed by atoms with E-state index in [1.807, 2.05) is 0 Å². The van der Waals surface area contributed by atoms with Crippen molar-refractivity contribution in [2.75, 3.05) is 20.3 Å². The molecule has 0 spiro atoms. The minimum absolute atomic E-state index is 0.00786. The molecule has 4 aromatic rings. The number of aromatic amines is 1. The van der Waals surface area contributed by atoms with Crippen molar-refractivity contribution in [2.24, 2.45) is 11.1 Å². The lowest BCUT2D eigenvalue weighted by molar-refractivity contribution is -0.170. The van der Waals surface area contributed by atoms with Crippen molar-refractivity contribution >= 4 is 53.9 Å². The molecular weight excluding hydrogens is 822 g/mol. The molecule has 306 valence electrons. The number of nitrogens with one attached hydrogen (secondary N) is 2. The number of rotatable bonds is 14. The van der Waals surface area contributed by atoms with Crippen LogP contribution in [0.5, 0.6) is 23.0 Å². The lowest BCUT2D eigenvalue weighted by Crippen LogP contribution is -2.36. The number of benzene rings is 3. The number of halogens is 2. The second-order valence-electron chi connectivity index (χ2n) is 12.8. The van der Waals surface area contributed by atoms with Crippen LogP contribution in [0, 0.1) is 5.92 Å². The molecule has 0 radical (unpaired) electrons. The van der Waals surface area contributed by atoms with Crippen molar-refractivity contribution in [1.29, 1.82) is 0 Å². The minimum atomic E-state index is -4.83. The third-order valence-electron chi connectivity index (χ3n) is 9.04. The van der Waals surface area contributed by atoms with E-state index in [9.17, 15) is 49.4 Å². The normalized spacial score (nSPS) is 23.2. The van der Waals surface area contributed by atoms with Crippen LogP contribution in [0.2, 0.25) is 10.0 Å². The Hall–Kier alpha value is -4.73. The number of carbonyl (C=O) groups excluding carboxylic acids is 1. The molecule has 20 nitrogen and oxygen atoms in total. The van der Waals surface area contributed by atoms with Crippen molar-refractivity contribution in [3.05, 3.63) is 90.2 Å². The van der Waals surface area contributed by atoms with Crippen LogP contribution in [0.4, 0.5) is 0 Å². The van der Waals surface area contributed by atoms with E-state index >= 15 is 0 Å². The van der Waals surface area contributed by atoms with Gasteiger partial charge in [0, 0.05) is 42.0 Å². The topological polar surface area (TPSA) is 290 Å². The number of phosphoric ester groups is 1. The summed E-state index contributed by atoms with van der Waals surface area (Å²) < 4.78 is 39.7. The van der Waals surface area contributed by atoms with E-state index in [0.29, 0.717) is 10.8 Å². The molecule has 0 saturated carbocycles. The Labute approximate surface area is 330 Å².